The van der Waals surface area contributed by atoms with Gasteiger partial charge in [-0.25, -0.2) is 0 Å². The van der Waals surface area contributed by atoms with Gasteiger partial charge in [0.25, 0.3) is 5.69 Å². The molecule has 0 aliphatic carbocycles. The fourth-order valence-electron chi connectivity index (χ4n) is 1.86. The largest absolute Gasteiger partial charge is 0.280 e. The average molecular weight is 251 g/mol. The molecule has 1 aromatic heterocycles. The molecule has 0 fully saturated rings. The van der Waals surface area contributed by atoms with E-state index in [-0.39, 0.29) is 5.69 Å². The van der Waals surface area contributed by atoms with Gasteiger partial charge in [0.05, 0.1) is 20.8 Å². The van der Waals surface area contributed by atoms with Gasteiger partial charge < -0.3 is 0 Å². The van der Waals surface area contributed by atoms with E-state index in [0.29, 0.717) is 15.9 Å². The first-order chi connectivity index (χ1) is 7.91. The Morgan fingerprint density at radius 2 is 1.94 bits per heavy atom. The highest BCUT2D eigenvalue weighted by Gasteiger charge is 2.19. The number of benzene rings is 1. The zero-order valence-corrected chi connectivity index (χ0v) is 10.5. The number of rotatable bonds is 1. The summed E-state index contributed by atoms with van der Waals surface area (Å²) in [5.41, 5.74) is 3.15. The van der Waals surface area contributed by atoms with E-state index in [1.807, 2.05) is 20.8 Å². The molecule has 5 heteroatoms. The lowest BCUT2D eigenvalue weighted by atomic mass is 10.0. The summed E-state index contributed by atoms with van der Waals surface area (Å²) < 4.78 is 0. The summed E-state index contributed by atoms with van der Waals surface area (Å²) in [6.45, 7) is 5.54. The Labute approximate surface area is 103 Å². The lowest BCUT2D eigenvalue weighted by molar-refractivity contribution is -0.383. The minimum atomic E-state index is -0.419. The van der Waals surface area contributed by atoms with Gasteiger partial charge in [-0.2, -0.15) is 0 Å². The van der Waals surface area contributed by atoms with Crippen molar-refractivity contribution in [3.05, 3.63) is 44.1 Å². The summed E-state index contributed by atoms with van der Waals surface area (Å²) in [6.07, 6.45) is 0. The highest BCUT2D eigenvalue weighted by atomic mass is 35.5. The Bertz CT molecular complexity index is 638. The van der Waals surface area contributed by atoms with Crippen molar-refractivity contribution in [2.24, 2.45) is 0 Å². The first kappa shape index (κ1) is 11.8. The van der Waals surface area contributed by atoms with Crippen LogP contribution < -0.4 is 0 Å². The molecular weight excluding hydrogens is 240 g/mol. The van der Waals surface area contributed by atoms with Crippen LogP contribution in [0.2, 0.25) is 5.02 Å². The summed E-state index contributed by atoms with van der Waals surface area (Å²) in [5.74, 6) is 0. The third-order valence-corrected chi connectivity index (χ3v) is 3.15. The third kappa shape index (κ3) is 1.85. The van der Waals surface area contributed by atoms with Crippen molar-refractivity contribution >= 4 is 28.2 Å². The van der Waals surface area contributed by atoms with E-state index in [9.17, 15) is 10.1 Å². The number of aryl methyl sites for hydroxylation is 3. The Morgan fingerprint density at radius 3 is 2.53 bits per heavy atom. The highest BCUT2D eigenvalue weighted by Crippen LogP contribution is 2.35. The first-order valence-corrected chi connectivity index (χ1v) is 5.51. The van der Waals surface area contributed by atoms with Crippen LogP contribution in [0.3, 0.4) is 0 Å². The van der Waals surface area contributed by atoms with Crippen LogP contribution in [0.5, 0.6) is 0 Å². The van der Waals surface area contributed by atoms with Crippen molar-refractivity contribution < 1.29 is 4.92 Å². The Hall–Kier alpha value is -1.68. The van der Waals surface area contributed by atoms with Crippen LogP contribution in [0.25, 0.3) is 10.9 Å². The van der Waals surface area contributed by atoms with Crippen LogP contribution in [0.4, 0.5) is 5.69 Å². The van der Waals surface area contributed by atoms with Crippen molar-refractivity contribution in [3.63, 3.8) is 0 Å². The fourth-order valence-corrected chi connectivity index (χ4v) is 2.21. The van der Waals surface area contributed by atoms with Crippen molar-refractivity contribution in [1.29, 1.82) is 0 Å². The molecule has 4 nitrogen and oxygen atoms in total. The summed E-state index contributed by atoms with van der Waals surface area (Å²) >= 11 is 6.09. The summed E-state index contributed by atoms with van der Waals surface area (Å²) in [6, 6.07) is 3.19. The minimum Gasteiger partial charge on any atom is -0.258 e. The molecule has 1 aromatic carbocycles. The van der Waals surface area contributed by atoms with E-state index in [1.165, 1.54) is 0 Å². The number of pyridine rings is 1. The van der Waals surface area contributed by atoms with Crippen LogP contribution in [0.15, 0.2) is 12.1 Å². The number of non-ortho nitro benzene ring substituents is 1. The van der Waals surface area contributed by atoms with Gasteiger partial charge in [0.15, 0.2) is 0 Å². The van der Waals surface area contributed by atoms with Crippen LogP contribution in [0.1, 0.15) is 16.8 Å². The lowest BCUT2D eigenvalue weighted by Gasteiger charge is -2.08. The second kappa shape index (κ2) is 3.96. The molecule has 0 radical (unpaired) electrons. The Balaban J connectivity index is 3.04. The molecule has 0 N–H and O–H groups in total. The average Bonchev–Trinajstić information content (AvgIpc) is 2.23. The molecule has 0 unspecified atom stereocenters. The van der Waals surface area contributed by atoms with Crippen molar-refractivity contribution in [2.75, 3.05) is 0 Å². The van der Waals surface area contributed by atoms with Crippen molar-refractivity contribution in [2.45, 2.75) is 20.8 Å². The molecule has 1 heterocycles. The van der Waals surface area contributed by atoms with Gasteiger partial charge in [-0.15, -0.1) is 0 Å². The number of nitrogens with zero attached hydrogens (tertiary/aromatic N) is 2. The van der Waals surface area contributed by atoms with Gasteiger partial charge in [-0.3, -0.25) is 15.1 Å². The van der Waals surface area contributed by atoms with E-state index in [1.54, 1.807) is 12.1 Å². The Kier molecular flexibility index (Phi) is 2.75. The molecule has 0 spiro atoms. The predicted octanol–water partition coefficient (Wildman–Crippen LogP) is 3.72. The van der Waals surface area contributed by atoms with Gasteiger partial charge in [-0.05, 0) is 38.0 Å². The molecule has 0 aliphatic heterocycles. The van der Waals surface area contributed by atoms with Gasteiger partial charge in [0, 0.05) is 11.8 Å². The number of fused-ring (bicyclic) bond motifs is 1. The van der Waals surface area contributed by atoms with Crippen LogP contribution in [0, 0.1) is 30.9 Å². The van der Waals surface area contributed by atoms with E-state index >= 15 is 0 Å². The molecule has 0 bridgehead atoms. The van der Waals surface area contributed by atoms with Gasteiger partial charge >= 0.3 is 0 Å². The molecule has 0 amide bonds. The van der Waals surface area contributed by atoms with Gasteiger partial charge in [-0.1, -0.05) is 11.6 Å². The molecule has 2 rings (SSSR count). The third-order valence-electron chi connectivity index (χ3n) is 2.85. The molecule has 2 aromatic rings. The quantitative estimate of drug-likeness (QED) is 0.572. The number of halogens is 1. The maximum Gasteiger partial charge on any atom is 0.280 e. The number of nitro benzene ring substituents is 1. The molecule has 88 valence electrons. The number of hydrogen-bond donors (Lipinski definition) is 0. The number of aromatic nitrogens is 1. The maximum absolute atomic E-state index is 11.0. The van der Waals surface area contributed by atoms with Crippen molar-refractivity contribution in [3.8, 4) is 0 Å². The predicted molar refractivity (Wildman–Crippen MR) is 67.6 cm³/mol. The molecule has 0 atom stereocenters. The summed E-state index contributed by atoms with van der Waals surface area (Å²) in [7, 11) is 0. The van der Waals surface area contributed by atoms with Gasteiger partial charge in [0.1, 0.15) is 0 Å². The highest BCUT2D eigenvalue weighted by molar-refractivity contribution is 6.36. The zero-order chi connectivity index (χ0) is 12.7. The standard InChI is InChI=1S/C12H11ClN2O2/c1-6-4-10(15(16)17)11-9(13)5-7(2)14-12(11)8(6)3/h4-5H,1-3H3. The molecular formula is C12H11ClN2O2. The van der Waals surface area contributed by atoms with Crippen LogP contribution in [-0.4, -0.2) is 9.91 Å². The first-order valence-electron chi connectivity index (χ1n) is 5.13. The molecule has 0 aliphatic rings. The SMILES string of the molecule is Cc1cc(Cl)c2c([N+](=O)[O-])cc(C)c(C)c2n1. The monoisotopic (exact) mass is 250 g/mol. The van der Waals surface area contributed by atoms with Crippen LogP contribution >= 0.6 is 11.6 Å². The molecule has 0 saturated carbocycles. The zero-order valence-electron chi connectivity index (χ0n) is 9.74. The second-order valence-corrected chi connectivity index (χ2v) is 4.47. The maximum atomic E-state index is 11.0. The fraction of sp³-hybridized carbons (Fsp3) is 0.250. The van der Waals surface area contributed by atoms with E-state index in [2.05, 4.69) is 4.98 Å². The van der Waals surface area contributed by atoms with E-state index < -0.39 is 4.92 Å². The smallest absolute Gasteiger partial charge is 0.258 e. The molecule has 0 saturated heterocycles. The lowest BCUT2D eigenvalue weighted by Crippen LogP contribution is -1.97. The molecule has 17 heavy (non-hydrogen) atoms. The number of hydrogen-bond acceptors (Lipinski definition) is 3. The minimum absolute atomic E-state index is 0.0144. The van der Waals surface area contributed by atoms with Crippen molar-refractivity contribution in [1.82, 2.24) is 4.98 Å². The van der Waals surface area contributed by atoms with E-state index in [0.717, 1.165) is 16.8 Å². The second-order valence-electron chi connectivity index (χ2n) is 4.06. The van der Waals surface area contributed by atoms with Gasteiger partial charge in [0.2, 0.25) is 0 Å². The summed E-state index contributed by atoms with van der Waals surface area (Å²) in [5, 5.41) is 11.8. The topological polar surface area (TPSA) is 56.0 Å². The Morgan fingerprint density at radius 1 is 1.29 bits per heavy atom. The number of nitro groups is 1. The normalized spacial score (nSPS) is 10.8. The summed E-state index contributed by atoms with van der Waals surface area (Å²) in [4.78, 5) is 15.0. The van der Waals surface area contributed by atoms with Crippen LogP contribution in [-0.2, 0) is 0 Å². The van der Waals surface area contributed by atoms with E-state index in [4.69, 9.17) is 11.6 Å².